The highest BCUT2D eigenvalue weighted by atomic mass is 16.5. The number of nitrogens with zero attached hydrogens (tertiary/aromatic N) is 2. The number of nitrogens with two attached hydrogens (primary N) is 1. The molecule has 0 radical (unpaired) electrons. The first-order valence-corrected chi connectivity index (χ1v) is 7.54. The van der Waals surface area contributed by atoms with Gasteiger partial charge in [0.2, 0.25) is 0 Å². The van der Waals surface area contributed by atoms with Crippen molar-refractivity contribution in [2.24, 2.45) is 5.73 Å². The van der Waals surface area contributed by atoms with Crippen molar-refractivity contribution < 1.29 is 4.74 Å². The molecule has 0 aromatic rings. The largest absolute Gasteiger partial charge is 0.374 e. The number of ether oxygens (including phenoxy) is 1. The first kappa shape index (κ1) is 14.3. The lowest BCUT2D eigenvalue weighted by molar-refractivity contribution is -0.0520. The van der Waals surface area contributed by atoms with Gasteiger partial charge in [0.15, 0.2) is 0 Å². The van der Waals surface area contributed by atoms with E-state index in [-0.39, 0.29) is 6.04 Å². The fourth-order valence-corrected chi connectivity index (χ4v) is 3.28. The molecule has 0 amide bonds. The summed E-state index contributed by atoms with van der Waals surface area (Å²) in [6.45, 7) is 10.8. The Morgan fingerprint density at radius 1 is 1.33 bits per heavy atom. The normalized spacial score (nSPS) is 33.5. The van der Waals surface area contributed by atoms with E-state index in [0.717, 1.165) is 32.8 Å². The van der Waals surface area contributed by atoms with Crippen LogP contribution in [0.4, 0.5) is 0 Å². The molecule has 0 aliphatic carbocycles. The molecule has 2 heterocycles. The van der Waals surface area contributed by atoms with Gasteiger partial charge in [0, 0.05) is 31.7 Å². The number of morpholine rings is 1. The Balaban J connectivity index is 1.86. The summed E-state index contributed by atoms with van der Waals surface area (Å²) < 4.78 is 5.92. The Labute approximate surface area is 111 Å². The zero-order valence-corrected chi connectivity index (χ0v) is 12.0. The zero-order valence-electron chi connectivity index (χ0n) is 12.0. The van der Waals surface area contributed by atoms with Crippen LogP contribution in [-0.2, 0) is 4.74 Å². The Kier molecular flexibility index (Phi) is 5.42. The Morgan fingerprint density at radius 2 is 2.17 bits per heavy atom. The van der Waals surface area contributed by atoms with Crippen LogP contribution in [0.5, 0.6) is 0 Å². The van der Waals surface area contributed by atoms with Crippen LogP contribution in [0.3, 0.4) is 0 Å². The third kappa shape index (κ3) is 3.67. The van der Waals surface area contributed by atoms with Gasteiger partial charge >= 0.3 is 0 Å². The van der Waals surface area contributed by atoms with E-state index in [9.17, 15) is 0 Å². The number of likely N-dealkylation sites (N-methyl/N-ethyl adjacent to an activating group) is 1. The van der Waals surface area contributed by atoms with E-state index in [4.69, 9.17) is 10.5 Å². The lowest BCUT2D eigenvalue weighted by Crippen LogP contribution is -2.54. The first-order valence-electron chi connectivity index (χ1n) is 7.54. The number of hydrogen-bond acceptors (Lipinski definition) is 4. The van der Waals surface area contributed by atoms with Gasteiger partial charge in [-0.1, -0.05) is 13.3 Å². The summed E-state index contributed by atoms with van der Waals surface area (Å²) in [5, 5.41) is 0. The van der Waals surface area contributed by atoms with Crippen molar-refractivity contribution in [1.29, 1.82) is 0 Å². The molecular formula is C14H29N3O. The molecular weight excluding hydrogens is 226 g/mol. The van der Waals surface area contributed by atoms with Gasteiger partial charge in [-0.15, -0.1) is 0 Å². The number of rotatable bonds is 4. The van der Waals surface area contributed by atoms with Crippen LogP contribution in [0.2, 0.25) is 0 Å². The van der Waals surface area contributed by atoms with Crippen molar-refractivity contribution in [1.82, 2.24) is 9.80 Å². The summed E-state index contributed by atoms with van der Waals surface area (Å²) in [5.41, 5.74) is 6.12. The minimum Gasteiger partial charge on any atom is -0.374 e. The predicted molar refractivity (Wildman–Crippen MR) is 74.7 cm³/mol. The highest BCUT2D eigenvalue weighted by molar-refractivity contribution is 4.86. The van der Waals surface area contributed by atoms with Gasteiger partial charge in [-0.3, -0.25) is 9.80 Å². The second kappa shape index (κ2) is 6.85. The van der Waals surface area contributed by atoms with Crippen molar-refractivity contribution >= 4 is 0 Å². The predicted octanol–water partition coefficient (Wildman–Crippen LogP) is 0.909. The van der Waals surface area contributed by atoms with Gasteiger partial charge in [-0.2, -0.15) is 0 Å². The molecule has 18 heavy (non-hydrogen) atoms. The molecule has 0 saturated carbocycles. The van der Waals surface area contributed by atoms with E-state index in [1.807, 2.05) is 0 Å². The van der Waals surface area contributed by atoms with E-state index < -0.39 is 0 Å². The second-order valence-corrected chi connectivity index (χ2v) is 5.80. The third-order valence-corrected chi connectivity index (χ3v) is 4.38. The molecule has 2 N–H and O–H groups in total. The van der Waals surface area contributed by atoms with Gasteiger partial charge in [0.25, 0.3) is 0 Å². The molecule has 0 aromatic carbocycles. The van der Waals surface area contributed by atoms with Crippen molar-refractivity contribution in [2.75, 3.05) is 39.3 Å². The smallest absolute Gasteiger partial charge is 0.0829 e. The maximum Gasteiger partial charge on any atom is 0.0829 e. The fourth-order valence-electron chi connectivity index (χ4n) is 3.28. The molecule has 4 heteroatoms. The van der Waals surface area contributed by atoms with Crippen molar-refractivity contribution in [3.05, 3.63) is 0 Å². The highest BCUT2D eigenvalue weighted by Crippen LogP contribution is 2.20. The van der Waals surface area contributed by atoms with Crippen LogP contribution in [0.25, 0.3) is 0 Å². The Bertz CT molecular complexity index is 247. The van der Waals surface area contributed by atoms with Gasteiger partial charge in [-0.05, 0) is 32.9 Å². The summed E-state index contributed by atoms with van der Waals surface area (Å²) >= 11 is 0. The average molecular weight is 255 g/mol. The van der Waals surface area contributed by atoms with Gasteiger partial charge in [0.1, 0.15) is 0 Å². The number of piperidine rings is 1. The van der Waals surface area contributed by atoms with Crippen LogP contribution in [-0.4, -0.2) is 67.3 Å². The summed E-state index contributed by atoms with van der Waals surface area (Å²) in [7, 11) is 0. The van der Waals surface area contributed by atoms with E-state index in [1.165, 1.54) is 25.8 Å². The third-order valence-electron chi connectivity index (χ3n) is 4.38. The van der Waals surface area contributed by atoms with E-state index in [2.05, 4.69) is 23.6 Å². The fraction of sp³-hybridized carbons (Fsp3) is 1.00. The van der Waals surface area contributed by atoms with Crippen LogP contribution >= 0.6 is 0 Å². The van der Waals surface area contributed by atoms with Crippen molar-refractivity contribution in [3.8, 4) is 0 Å². The maximum absolute atomic E-state index is 6.12. The van der Waals surface area contributed by atoms with Gasteiger partial charge in [-0.25, -0.2) is 0 Å². The molecule has 2 rings (SSSR count). The molecule has 3 atom stereocenters. The summed E-state index contributed by atoms with van der Waals surface area (Å²) in [5.74, 6) is 0. The topological polar surface area (TPSA) is 41.7 Å². The zero-order chi connectivity index (χ0) is 13.0. The van der Waals surface area contributed by atoms with E-state index >= 15 is 0 Å². The first-order chi connectivity index (χ1) is 8.70. The maximum atomic E-state index is 6.12. The van der Waals surface area contributed by atoms with Gasteiger partial charge < -0.3 is 10.5 Å². The quantitative estimate of drug-likeness (QED) is 0.811. The second-order valence-electron chi connectivity index (χ2n) is 5.80. The summed E-state index contributed by atoms with van der Waals surface area (Å²) in [6.07, 6.45) is 4.27. The molecule has 106 valence electrons. The van der Waals surface area contributed by atoms with E-state index in [0.29, 0.717) is 12.1 Å². The van der Waals surface area contributed by atoms with Crippen molar-refractivity contribution in [2.45, 2.75) is 51.3 Å². The van der Waals surface area contributed by atoms with Crippen LogP contribution in [0, 0.1) is 0 Å². The molecule has 0 aromatic heterocycles. The Morgan fingerprint density at radius 3 is 2.89 bits per heavy atom. The molecule has 2 saturated heterocycles. The van der Waals surface area contributed by atoms with E-state index in [1.54, 1.807) is 0 Å². The SMILES string of the molecule is CCN1CCOC(CN2CCCCC2C(C)N)C1. The summed E-state index contributed by atoms with van der Waals surface area (Å²) in [6, 6.07) is 0.829. The molecule has 3 unspecified atom stereocenters. The van der Waals surface area contributed by atoms with Crippen LogP contribution in [0.15, 0.2) is 0 Å². The van der Waals surface area contributed by atoms with Crippen LogP contribution < -0.4 is 5.73 Å². The lowest BCUT2D eigenvalue weighted by atomic mass is 9.96. The monoisotopic (exact) mass is 255 g/mol. The molecule has 0 spiro atoms. The van der Waals surface area contributed by atoms with Gasteiger partial charge in [0.05, 0.1) is 12.7 Å². The number of likely N-dealkylation sites (tertiary alicyclic amines) is 1. The average Bonchev–Trinajstić information content (AvgIpc) is 2.39. The standard InChI is InChI=1S/C14H29N3O/c1-3-16-8-9-18-13(10-16)11-17-7-5-4-6-14(17)12(2)15/h12-14H,3-11,15H2,1-2H3. The minimum absolute atomic E-state index is 0.274. The Hall–Kier alpha value is -0.160. The molecule has 2 aliphatic heterocycles. The molecule has 4 nitrogen and oxygen atoms in total. The lowest BCUT2D eigenvalue weighted by Gasteiger charge is -2.41. The molecule has 2 fully saturated rings. The van der Waals surface area contributed by atoms with Crippen molar-refractivity contribution in [3.63, 3.8) is 0 Å². The molecule has 0 bridgehead atoms. The highest BCUT2D eigenvalue weighted by Gasteiger charge is 2.29. The number of hydrogen-bond donors (Lipinski definition) is 1. The summed E-state index contributed by atoms with van der Waals surface area (Å²) in [4.78, 5) is 5.05. The molecule has 2 aliphatic rings. The van der Waals surface area contributed by atoms with Crippen LogP contribution in [0.1, 0.15) is 33.1 Å². The minimum atomic E-state index is 0.274.